The Hall–Kier alpha value is -2.25. The van der Waals surface area contributed by atoms with Crippen LogP contribution < -0.4 is 11.1 Å². The number of benzene rings is 1. The molecule has 1 aliphatic heterocycles. The molecule has 0 radical (unpaired) electrons. The molecular formula is C16H17N3O3S. The summed E-state index contributed by atoms with van der Waals surface area (Å²) in [6.45, 7) is 1.08. The lowest BCUT2D eigenvalue weighted by Crippen LogP contribution is -2.44. The Balaban J connectivity index is 1.87. The van der Waals surface area contributed by atoms with Gasteiger partial charge in [0.05, 0.1) is 11.6 Å². The van der Waals surface area contributed by atoms with Crippen molar-refractivity contribution in [2.75, 3.05) is 18.5 Å². The number of nitrogens with one attached hydrogen (secondary N) is 1. The molecule has 2 heterocycles. The number of hydrogen-bond acceptors (Lipinski definition) is 5. The van der Waals surface area contributed by atoms with E-state index in [0.717, 1.165) is 16.9 Å². The molecule has 23 heavy (non-hydrogen) atoms. The van der Waals surface area contributed by atoms with Gasteiger partial charge in [-0.15, -0.1) is 0 Å². The van der Waals surface area contributed by atoms with Crippen LogP contribution in [0.25, 0.3) is 0 Å². The molecule has 3 N–H and O–H groups in total. The number of nitrogens with two attached hydrogens (primary N) is 1. The average Bonchev–Trinajstić information content (AvgIpc) is 3.05. The molecule has 2 aromatic rings. The third-order valence-corrected chi connectivity index (χ3v) is 4.99. The van der Waals surface area contributed by atoms with Crippen molar-refractivity contribution < 1.29 is 14.3 Å². The molecule has 6 nitrogen and oxygen atoms in total. The normalized spacial score (nSPS) is 16.7. The molecule has 0 aliphatic carbocycles. The second kappa shape index (κ2) is 6.47. The minimum atomic E-state index is -0.629. The quantitative estimate of drug-likeness (QED) is 0.895. The van der Waals surface area contributed by atoms with Crippen LogP contribution in [-0.4, -0.2) is 30.0 Å². The smallest absolute Gasteiger partial charge is 0.277 e. The molecule has 3 rings (SSSR count). The van der Waals surface area contributed by atoms with E-state index in [1.54, 1.807) is 0 Å². The predicted octanol–water partition coefficient (Wildman–Crippen LogP) is 1.93. The van der Waals surface area contributed by atoms with Gasteiger partial charge in [0, 0.05) is 13.2 Å². The number of nitrogens with zero attached hydrogens (tertiary/aromatic N) is 1. The fraction of sp³-hybridized carbons (Fsp3) is 0.312. The number of carbonyl (C=O) groups excluding carboxylic acids is 2. The minimum Gasteiger partial charge on any atom is -0.381 e. The Labute approximate surface area is 137 Å². The summed E-state index contributed by atoms with van der Waals surface area (Å²) in [6, 6.07) is 9.71. The van der Waals surface area contributed by atoms with Gasteiger partial charge in [-0.05, 0) is 18.4 Å². The molecule has 0 bridgehead atoms. The van der Waals surface area contributed by atoms with Crippen molar-refractivity contribution in [2.45, 2.75) is 18.3 Å². The summed E-state index contributed by atoms with van der Waals surface area (Å²) in [7, 11) is 0. The van der Waals surface area contributed by atoms with Crippen LogP contribution in [0, 0.1) is 0 Å². The van der Waals surface area contributed by atoms with Crippen LogP contribution in [0.3, 0.4) is 0 Å². The first-order valence-electron chi connectivity index (χ1n) is 7.32. The highest BCUT2D eigenvalue weighted by atomic mass is 32.1. The molecule has 0 unspecified atom stereocenters. The zero-order valence-electron chi connectivity index (χ0n) is 12.5. The number of thiazole rings is 1. The van der Waals surface area contributed by atoms with Crippen molar-refractivity contribution in [3.05, 3.63) is 47.1 Å². The van der Waals surface area contributed by atoms with Crippen LogP contribution in [0.4, 0.5) is 5.00 Å². The summed E-state index contributed by atoms with van der Waals surface area (Å²) in [6.07, 6.45) is 2.69. The monoisotopic (exact) mass is 331 g/mol. The van der Waals surface area contributed by atoms with Crippen LogP contribution in [-0.2, 0) is 14.9 Å². The van der Waals surface area contributed by atoms with E-state index in [1.165, 1.54) is 6.20 Å². The van der Waals surface area contributed by atoms with Crippen LogP contribution in [0.1, 0.15) is 28.2 Å². The summed E-state index contributed by atoms with van der Waals surface area (Å²) >= 11 is 1.08. The fourth-order valence-electron chi connectivity index (χ4n) is 2.80. The van der Waals surface area contributed by atoms with Gasteiger partial charge in [-0.3, -0.25) is 9.59 Å². The Kier molecular flexibility index (Phi) is 4.40. The van der Waals surface area contributed by atoms with Crippen LogP contribution in [0.15, 0.2) is 36.5 Å². The zero-order chi connectivity index (χ0) is 16.3. The highest BCUT2D eigenvalue weighted by molar-refractivity contribution is 7.17. The van der Waals surface area contributed by atoms with Gasteiger partial charge in [-0.2, -0.15) is 0 Å². The lowest BCUT2D eigenvalue weighted by Gasteiger charge is -2.36. The first-order chi connectivity index (χ1) is 11.1. The molecule has 0 atom stereocenters. The van der Waals surface area contributed by atoms with Gasteiger partial charge in [0.25, 0.3) is 5.91 Å². The topological polar surface area (TPSA) is 94.3 Å². The molecule has 0 spiro atoms. The lowest BCUT2D eigenvalue weighted by molar-refractivity contribution is -0.125. The number of hydrogen-bond donors (Lipinski definition) is 2. The third-order valence-electron chi connectivity index (χ3n) is 4.06. The number of rotatable bonds is 4. The summed E-state index contributed by atoms with van der Waals surface area (Å²) in [5, 5.41) is 3.58. The van der Waals surface area contributed by atoms with Gasteiger partial charge >= 0.3 is 0 Å². The number of primary amides is 1. The van der Waals surface area contributed by atoms with E-state index >= 15 is 0 Å². The Morgan fingerprint density at radius 3 is 2.52 bits per heavy atom. The first-order valence-corrected chi connectivity index (χ1v) is 8.14. The zero-order valence-corrected chi connectivity index (χ0v) is 13.3. The highest BCUT2D eigenvalue weighted by Gasteiger charge is 2.41. The Morgan fingerprint density at radius 2 is 1.91 bits per heavy atom. The average molecular weight is 331 g/mol. The fourth-order valence-corrected chi connectivity index (χ4v) is 3.46. The van der Waals surface area contributed by atoms with Crippen molar-refractivity contribution in [3.8, 4) is 0 Å². The SMILES string of the molecule is NC(=O)c1ncc(NC(=O)C2(c3ccccc3)CCOCC2)s1. The number of ether oxygens (including phenoxy) is 1. The van der Waals surface area contributed by atoms with Crippen LogP contribution >= 0.6 is 11.3 Å². The summed E-state index contributed by atoms with van der Waals surface area (Å²) in [4.78, 5) is 28.0. The van der Waals surface area contributed by atoms with Crippen molar-refractivity contribution in [3.63, 3.8) is 0 Å². The van der Waals surface area contributed by atoms with Gasteiger partial charge in [-0.25, -0.2) is 4.98 Å². The summed E-state index contributed by atoms with van der Waals surface area (Å²) < 4.78 is 5.43. The van der Waals surface area contributed by atoms with Gasteiger partial charge in [-0.1, -0.05) is 41.7 Å². The predicted molar refractivity (Wildman–Crippen MR) is 87.4 cm³/mol. The van der Waals surface area contributed by atoms with E-state index in [2.05, 4.69) is 10.3 Å². The molecular weight excluding hydrogens is 314 g/mol. The van der Waals surface area contributed by atoms with E-state index in [9.17, 15) is 9.59 Å². The number of carbonyl (C=O) groups is 2. The molecule has 1 aromatic heterocycles. The summed E-state index contributed by atoms with van der Waals surface area (Å²) in [5.74, 6) is -0.703. The maximum Gasteiger partial charge on any atom is 0.277 e. The van der Waals surface area contributed by atoms with Crippen molar-refractivity contribution in [2.24, 2.45) is 5.73 Å². The van der Waals surface area contributed by atoms with E-state index in [0.29, 0.717) is 31.1 Å². The first kappa shape index (κ1) is 15.6. The highest BCUT2D eigenvalue weighted by Crippen LogP contribution is 2.36. The maximum absolute atomic E-state index is 13.0. The maximum atomic E-state index is 13.0. The van der Waals surface area contributed by atoms with Gasteiger partial charge in [0.1, 0.15) is 5.00 Å². The largest absolute Gasteiger partial charge is 0.381 e. The number of anilines is 1. The molecule has 0 saturated carbocycles. The van der Waals surface area contributed by atoms with Crippen molar-refractivity contribution in [1.29, 1.82) is 0 Å². The Bertz CT molecular complexity index is 708. The standard InChI is InChI=1S/C16H17N3O3S/c17-13(20)14-18-10-12(23-14)19-15(21)16(6-8-22-9-7-16)11-4-2-1-3-5-11/h1-5,10H,6-9H2,(H2,17,20)(H,19,21). The second-order valence-corrected chi connectivity index (χ2v) is 6.44. The molecule has 1 aliphatic rings. The second-order valence-electron chi connectivity index (χ2n) is 5.41. The van der Waals surface area contributed by atoms with Gasteiger partial charge < -0.3 is 15.8 Å². The van der Waals surface area contributed by atoms with E-state index in [4.69, 9.17) is 10.5 Å². The molecule has 1 fully saturated rings. The van der Waals surface area contributed by atoms with E-state index in [1.807, 2.05) is 30.3 Å². The van der Waals surface area contributed by atoms with Crippen LogP contribution in [0.2, 0.25) is 0 Å². The van der Waals surface area contributed by atoms with Gasteiger partial charge in [0.2, 0.25) is 5.91 Å². The van der Waals surface area contributed by atoms with Crippen molar-refractivity contribution >= 4 is 28.2 Å². The molecule has 1 aromatic carbocycles. The molecule has 1 saturated heterocycles. The van der Waals surface area contributed by atoms with Crippen molar-refractivity contribution in [1.82, 2.24) is 4.98 Å². The van der Waals surface area contributed by atoms with Gasteiger partial charge in [0.15, 0.2) is 5.01 Å². The number of amides is 2. The van der Waals surface area contributed by atoms with Crippen LogP contribution in [0.5, 0.6) is 0 Å². The van der Waals surface area contributed by atoms with E-state index < -0.39 is 11.3 Å². The Morgan fingerprint density at radius 1 is 1.22 bits per heavy atom. The molecule has 120 valence electrons. The molecule has 2 amide bonds. The van der Waals surface area contributed by atoms with E-state index in [-0.39, 0.29) is 10.9 Å². The minimum absolute atomic E-state index is 0.105. The summed E-state index contributed by atoms with van der Waals surface area (Å²) in [5.41, 5.74) is 5.54. The third kappa shape index (κ3) is 3.11. The molecule has 7 heteroatoms. The lowest BCUT2D eigenvalue weighted by atomic mass is 9.73. The number of aromatic nitrogens is 1.